The van der Waals surface area contributed by atoms with Crippen molar-refractivity contribution in [3.63, 3.8) is 0 Å². The Labute approximate surface area is 98.0 Å². The minimum atomic E-state index is -0.445. The van der Waals surface area contributed by atoms with Gasteiger partial charge in [0.2, 0.25) is 5.91 Å². The predicted octanol–water partition coefficient (Wildman–Crippen LogP) is 1.23. The number of carbonyl (C=O) groups excluding carboxylic acids is 2. The van der Waals surface area contributed by atoms with E-state index in [1.165, 1.54) is 0 Å². The summed E-state index contributed by atoms with van der Waals surface area (Å²) < 4.78 is 0. The lowest BCUT2D eigenvalue weighted by molar-refractivity contribution is -0.121. The Kier molecular flexibility index (Phi) is 7.81. The van der Waals surface area contributed by atoms with Crippen LogP contribution in [0, 0.1) is 5.92 Å². The summed E-state index contributed by atoms with van der Waals surface area (Å²) >= 11 is 0. The van der Waals surface area contributed by atoms with Gasteiger partial charge in [-0.25, -0.2) is 0 Å². The maximum Gasteiger partial charge on any atom is 0.219 e. The molecule has 0 aliphatic rings. The van der Waals surface area contributed by atoms with Gasteiger partial charge in [0.1, 0.15) is 6.29 Å². The third-order valence-corrected chi connectivity index (χ3v) is 2.93. The van der Waals surface area contributed by atoms with Crippen LogP contribution in [0.15, 0.2) is 0 Å². The molecule has 0 aromatic heterocycles. The quantitative estimate of drug-likeness (QED) is 0.583. The van der Waals surface area contributed by atoms with Crippen molar-refractivity contribution in [1.82, 2.24) is 5.32 Å². The van der Waals surface area contributed by atoms with Crippen LogP contribution in [0.5, 0.6) is 0 Å². The van der Waals surface area contributed by atoms with E-state index in [-0.39, 0.29) is 12.5 Å². The molecule has 3 N–H and O–H groups in total. The summed E-state index contributed by atoms with van der Waals surface area (Å²) in [6, 6.07) is -0.207. The van der Waals surface area contributed by atoms with Crippen LogP contribution in [0.25, 0.3) is 0 Å². The van der Waals surface area contributed by atoms with Gasteiger partial charge in [-0.3, -0.25) is 4.79 Å². The summed E-state index contributed by atoms with van der Waals surface area (Å²) in [6.07, 6.45) is 4.15. The lowest BCUT2D eigenvalue weighted by atomic mass is 9.95. The predicted molar refractivity (Wildman–Crippen MR) is 65.0 cm³/mol. The second-order valence-electron chi connectivity index (χ2n) is 4.40. The Morgan fingerprint density at radius 1 is 1.38 bits per heavy atom. The second kappa shape index (κ2) is 8.28. The molecule has 2 atom stereocenters. The summed E-state index contributed by atoms with van der Waals surface area (Å²) in [5, 5.41) is 3.13. The molecule has 0 aromatic rings. The van der Waals surface area contributed by atoms with Crippen molar-refractivity contribution in [3.8, 4) is 0 Å². The van der Waals surface area contributed by atoms with Crippen LogP contribution in [-0.2, 0) is 9.59 Å². The lowest BCUT2D eigenvalue weighted by Gasteiger charge is -2.22. The summed E-state index contributed by atoms with van der Waals surface area (Å²) in [4.78, 5) is 21.4. The van der Waals surface area contributed by atoms with Gasteiger partial charge >= 0.3 is 0 Å². The Morgan fingerprint density at radius 3 is 2.31 bits per heavy atom. The number of hydrogen-bond acceptors (Lipinski definition) is 3. The standard InChI is InChI=1S/C12H24N2O2/c1-4-10(5-2)6-9(3)14-11(8-15)7-12(13)16/h8-11,14H,4-7H2,1-3H3,(H2,13,16)/t9?,11-/m1/s1. The zero-order chi connectivity index (χ0) is 12.6. The smallest absolute Gasteiger partial charge is 0.219 e. The third-order valence-electron chi connectivity index (χ3n) is 2.93. The van der Waals surface area contributed by atoms with Crippen LogP contribution < -0.4 is 11.1 Å². The van der Waals surface area contributed by atoms with Gasteiger partial charge in [0.05, 0.1) is 6.04 Å². The normalized spacial score (nSPS) is 14.8. The van der Waals surface area contributed by atoms with Crippen molar-refractivity contribution in [1.29, 1.82) is 0 Å². The van der Waals surface area contributed by atoms with E-state index in [1.807, 2.05) is 6.92 Å². The zero-order valence-corrected chi connectivity index (χ0v) is 10.5. The van der Waals surface area contributed by atoms with Crippen molar-refractivity contribution in [2.75, 3.05) is 0 Å². The van der Waals surface area contributed by atoms with Crippen molar-refractivity contribution < 1.29 is 9.59 Å². The van der Waals surface area contributed by atoms with Crippen LogP contribution in [0.1, 0.15) is 46.5 Å². The molecule has 0 saturated carbocycles. The van der Waals surface area contributed by atoms with Crippen molar-refractivity contribution in [2.24, 2.45) is 11.7 Å². The first-order valence-electron chi connectivity index (χ1n) is 6.03. The summed E-state index contributed by atoms with van der Waals surface area (Å²) in [5.41, 5.74) is 5.06. The molecule has 1 amide bonds. The van der Waals surface area contributed by atoms with Crippen LogP contribution in [-0.4, -0.2) is 24.3 Å². The van der Waals surface area contributed by atoms with E-state index in [1.54, 1.807) is 0 Å². The van der Waals surface area contributed by atoms with Crippen LogP contribution in [0.4, 0.5) is 0 Å². The average molecular weight is 228 g/mol. The summed E-state index contributed by atoms with van der Waals surface area (Å²) in [7, 11) is 0. The molecule has 0 rings (SSSR count). The van der Waals surface area contributed by atoms with Crippen LogP contribution in [0.3, 0.4) is 0 Å². The largest absolute Gasteiger partial charge is 0.370 e. The van der Waals surface area contributed by atoms with Gasteiger partial charge in [-0.15, -0.1) is 0 Å². The number of nitrogens with one attached hydrogen (secondary N) is 1. The molecule has 16 heavy (non-hydrogen) atoms. The molecular weight excluding hydrogens is 204 g/mol. The molecule has 0 fully saturated rings. The minimum Gasteiger partial charge on any atom is -0.370 e. The molecule has 0 spiro atoms. The Bertz CT molecular complexity index is 215. The van der Waals surface area contributed by atoms with Crippen LogP contribution >= 0.6 is 0 Å². The highest BCUT2D eigenvalue weighted by atomic mass is 16.1. The number of nitrogens with two attached hydrogens (primary N) is 1. The van der Waals surface area contributed by atoms with Gasteiger partial charge in [0, 0.05) is 12.5 Å². The fourth-order valence-corrected chi connectivity index (χ4v) is 1.92. The molecule has 0 bridgehead atoms. The number of aldehydes is 1. The highest BCUT2D eigenvalue weighted by molar-refractivity contribution is 5.78. The van der Waals surface area contributed by atoms with E-state index in [0.717, 1.165) is 25.5 Å². The zero-order valence-electron chi connectivity index (χ0n) is 10.5. The van der Waals surface area contributed by atoms with Gasteiger partial charge in [-0.05, 0) is 19.3 Å². The first-order chi connectivity index (χ1) is 7.53. The van der Waals surface area contributed by atoms with Gasteiger partial charge in [0.15, 0.2) is 0 Å². The SMILES string of the molecule is CCC(CC)CC(C)N[C@@H](C=O)CC(N)=O. The van der Waals surface area contributed by atoms with Gasteiger partial charge in [0.25, 0.3) is 0 Å². The maximum absolute atomic E-state index is 10.7. The highest BCUT2D eigenvalue weighted by Gasteiger charge is 2.15. The minimum absolute atomic E-state index is 0.0801. The number of carbonyl (C=O) groups is 2. The summed E-state index contributed by atoms with van der Waals surface area (Å²) in [5.74, 6) is 0.225. The van der Waals surface area contributed by atoms with E-state index in [2.05, 4.69) is 19.2 Å². The Balaban J connectivity index is 4.03. The van der Waals surface area contributed by atoms with Crippen molar-refractivity contribution >= 4 is 12.2 Å². The first-order valence-corrected chi connectivity index (χ1v) is 6.03. The molecule has 1 unspecified atom stereocenters. The summed E-state index contributed by atoms with van der Waals surface area (Å²) in [6.45, 7) is 6.37. The third kappa shape index (κ3) is 6.56. The lowest BCUT2D eigenvalue weighted by Crippen LogP contribution is -2.41. The molecular formula is C12H24N2O2. The number of rotatable bonds is 9. The molecule has 0 saturated heterocycles. The van der Waals surface area contributed by atoms with Crippen molar-refractivity contribution in [2.45, 2.75) is 58.5 Å². The Hall–Kier alpha value is -0.900. The monoisotopic (exact) mass is 228 g/mol. The topological polar surface area (TPSA) is 72.2 Å². The van der Waals surface area contributed by atoms with E-state index in [0.29, 0.717) is 5.92 Å². The van der Waals surface area contributed by atoms with E-state index >= 15 is 0 Å². The van der Waals surface area contributed by atoms with Crippen molar-refractivity contribution in [3.05, 3.63) is 0 Å². The molecule has 4 nitrogen and oxygen atoms in total. The molecule has 0 heterocycles. The van der Waals surface area contributed by atoms with Gasteiger partial charge < -0.3 is 15.8 Å². The molecule has 4 heteroatoms. The molecule has 94 valence electrons. The molecule has 0 radical (unpaired) electrons. The number of primary amides is 1. The molecule has 0 aliphatic carbocycles. The number of hydrogen-bond donors (Lipinski definition) is 2. The highest BCUT2D eigenvalue weighted by Crippen LogP contribution is 2.15. The maximum atomic E-state index is 10.7. The second-order valence-corrected chi connectivity index (χ2v) is 4.40. The van der Waals surface area contributed by atoms with Crippen LogP contribution in [0.2, 0.25) is 0 Å². The van der Waals surface area contributed by atoms with Gasteiger partial charge in [-0.2, -0.15) is 0 Å². The van der Waals surface area contributed by atoms with E-state index in [9.17, 15) is 9.59 Å². The fourth-order valence-electron chi connectivity index (χ4n) is 1.92. The Morgan fingerprint density at radius 2 is 1.94 bits per heavy atom. The number of amides is 1. The first kappa shape index (κ1) is 15.1. The van der Waals surface area contributed by atoms with E-state index in [4.69, 9.17) is 5.73 Å². The van der Waals surface area contributed by atoms with E-state index < -0.39 is 11.9 Å². The average Bonchev–Trinajstić information content (AvgIpc) is 2.24. The molecule has 0 aromatic carbocycles. The molecule has 0 aliphatic heterocycles. The van der Waals surface area contributed by atoms with Gasteiger partial charge in [-0.1, -0.05) is 26.7 Å². The fraction of sp³-hybridized carbons (Fsp3) is 0.833.